The zero-order chi connectivity index (χ0) is 24.0. The summed E-state index contributed by atoms with van der Waals surface area (Å²) in [5.41, 5.74) is 3.95. The van der Waals surface area contributed by atoms with Crippen molar-refractivity contribution in [1.82, 2.24) is 14.5 Å². The largest absolute Gasteiger partial charge is 0.339 e. The summed E-state index contributed by atoms with van der Waals surface area (Å²) >= 11 is 3.47. The van der Waals surface area contributed by atoms with Crippen LogP contribution in [0.4, 0.5) is 0 Å². The van der Waals surface area contributed by atoms with E-state index in [9.17, 15) is 9.59 Å². The molecule has 3 aromatic rings. The number of fused-ring (bicyclic) bond motifs is 1. The molecule has 3 rings (SSSR count). The van der Waals surface area contributed by atoms with Crippen molar-refractivity contribution in [3.8, 4) is 11.3 Å². The van der Waals surface area contributed by atoms with Gasteiger partial charge in [0.1, 0.15) is 12.0 Å². The van der Waals surface area contributed by atoms with E-state index >= 15 is 0 Å². The van der Waals surface area contributed by atoms with Crippen molar-refractivity contribution in [3.05, 3.63) is 64.3 Å². The fourth-order valence-electron chi connectivity index (χ4n) is 3.64. The van der Waals surface area contributed by atoms with Crippen molar-refractivity contribution < 1.29 is 9.59 Å². The van der Waals surface area contributed by atoms with Crippen molar-refractivity contribution >= 4 is 39.7 Å². The van der Waals surface area contributed by atoms with Crippen molar-refractivity contribution in [3.63, 3.8) is 0 Å². The summed E-state index contributed by atoms with van der Waals surface area (Å²) < 4.78 is 2.75. The molecular formula is C27H32BrN3O2. The monoisotopic (exact) mass is 509 g/mol. The molecule has 2 heterocycles. The van der Waals surface area contributed by atoms with Crippen molar-refractivity contribution in [1.29, 1.82) is 0 Å². The second-order valence-corrected chi connectivity index (χ2v) is 10.1. The number of halogens is 1. The van der Waals surface area contributed by atoms with E-state index in [1.54, 1.807) is 10.6 Å². The molecule has 33 heavy (non-hydrogen) atoms. The number of hydrogen-bond acceptors (Lipinski definition) is 3. The third kappa shape index (κ3) is 6.41. The molecule has 0 radical (unpaired) electrons. The summed E-state index contributed by atoms with van der Waals surface area (Å²) in [4.78, 5) is 26.5. The Kier molecular flexibility index (Phi) is 8.61. The fraction of sp³-hybridized carbons (Fsp3) is 0.370. The van der Waals surface area contributed by atoms with Crippen LogP contribution < -0.4 is 0 Å². The number of carbonyl (C=O) groups excluding carboxylic acids is 2. The first-order valence-electron chi connectivity index (χ1n) is 11.5. The quantitative estimate of drug-likeness (QED) is 0.231. The molecule has 0 atom stereocenters. The molecule has 0 saturated carbocycles. The van der Waals surface area contributed by atoms with Gasteiger partial charge in [-0.1, -0.05) is 55.8 Å². The number of hydrogen-bond donors (Lipinski definition) is 0. The molecule has 174 valence electrons. The molecule has 0 fully saturated rings. The molecule has 0 saturated heterocycles. The molecule has 0 unspecified atom stereocenters. The third-order valence-electron chi connectivity index (χ3n) is 5.62. The van der Waals surface area contributed by atoms with Crippen molar-refractivity contribution in [2.75, 3.05) is 13.1 Å². The number of nitrogens with zero attached hydrogens (tertiary/aromatic N) is 3. The van der Waals surface area contributed by atoms with Gasteiger partial charge in [0.25, 0.3) is 5.91 Å². The number of aldehydes is 1. The molecule has 0 aliphatic rings. The zero-order valence-electron chi connectivity index (χ0n) is 19.8. The van der Waals surface area contributed by atoms with E-state index in [1.807, 2.05) is 47.5 Å². The number of rotatable bonds is 10. The van der Waals surface area contributed by atoms with Gasteiger partial charge in [-0.2, -0.15) is 5.10 Å². The summed E-state index contributed by atoms with van der Waals surface area (Å²) in [6, 6.07) is 11.6. The van der Waals surface area contributed by atoms with Gasteiger partial charge in [-0.05, 0) is 61.1 Å². The highest BCUT2D eigenvalue weighted by Crippen LogP contribution is 2.29. The van der Waals surface area contributed by atoms with Gasteiger partial charge in [0.15, 0.2) is 0 Å². The van der Waals surface area contributed by atoms with Gasteiger partial charge in [-0.3, -0.25) is 9.59 Å². The van der Waals surface area contributed by atoms with Crippen LogP contribution in [0.15, 0.2) is 53.1 Å². The van der Waals surface area contributed by atoms with Crippen LogP contribution in [0.25, 0.3) is 22.9 Å². The normalized spacial score (nSPS) is 11.7. The molecule has 0 N–H and O–H groups in total. The van der Waals surface area contributed by atoms with Crippen LogP contribution in [-0.4, -0.2) is 39.8 Å². The molecule has 1 aromatic carbocycles. The van der Waals surface area contributed by atoms with Crippen LogP contribution in [0.5, 0.6) is 0 Å². The summed E-state index contributed by atoms with van der Waals surface area (Å²) in [6.45, 7) is 10.2. The van der Waals surface area contributed by atoms with Crippen LogP contribution >= 0.6 is 15.9 Å². The number of pyridine rings is 1. The standard InChI is InChI=1S/C27H32BrN3O2/c1-19(2)11-14-30(15-12-20(3)4)27(33)22-13-16-31-25(18-22)24(6-5-17-32)26(29-31)21-7-9-23(28)10-8-21/h5-10,13,16-20H,11-12,14-15H2,1-4H3/b6-5+. The highest BCUT2D eigenvalue weighted by atomic mass is 79.9. The maximum Gasteiger partial charge on any atom is 0.253 e. The highest BCUT2D eigenvalue weighted by Gasteiger charge is 2.19. The third-order valence-corrected chi connectivity index (χ3v) is 6.15. The first-order chi connectivity index (χ1) is 15.8. The maximum atomic E-state index is 13.5. The molecule has 0 aliphatic carbocycles. The predicted molar refractivity (Wildman–Crippen MR) is 138 cm³/mol. The number of aromatic nitrogens is 2. The topological polar surface area (TPSA) is 54.7 Å². The Morgan fingerprint density at radius 3 is 2.27 bits per heavy atom. The lowest BCUT2D eigenvalue weighted by Gasteiger charge is -2.24. The highest BCUT2D eigenvalue weighted by molar-refractivity contribution is 9.10. The Hall–Kier alpha value is -2.73. The molecule has 0 aliphatic heterocycles. The van der Waals surface area contributed by atoms with Crippen molar-refractivity contribution in [2.24, 2.45) is 11.8 Å². The Morgan fingerprint density at radius 2 is 1.70 bits per heavy atom. The molecule has 1 amide bonds. The van der Waals surface area contributed by atoms with Gasteiger partial charge < -0.3 is 4.90 Å². The maximum absolute atomic E-state index is 13.5. The predicted octanol–water partition coefficient (Wildman–Crippen LogP) is 6.51. The van der Waals surface area contributed by atoms with E-state index in [-0.39, 0.29) is 5.91 Å². The lowest BCUT2D eigenvalue weighted by atomic mass is 10.0. The summed E-state index contributed by atoms with van der Waals surface area (Å²) in [5, 5.41) is 4.74. The smallest absolute Gasteiger partial charge is 0.253 e. The average molecular weight is 510 g/mol. The van der Waals surface area contributed by atoms with E-state index in [1.165, 1.54) is 6.08 Å². The lowest BCUT2D eigenvalue weighted by molar-refractivity contribution is -0.104. The van der Waals surface area contributed by atoms with Crippen LogP contribution in [0.3, 0.4) is 0 Å². The van der Waals surface area contributed by atoms with Gasteiger partial charge in [0, 0.05) is 40.4 Å². The van der Waals surface area contributed by atoms with Gasteiger partial charge in [0.2, 0.25) is 0 Å². The number of allylic oxidation sites excluding steroid dienone is 1. The first kappa shape index (κ1) is 24.9. The van der Waals surface area contributed by atoms with E-state index < -0.39 is 0 Å². The molecule has 5 nitrogen and oxygen atoms in total. The summed E-state index contributed by atoms with van der Waals surface area (Å²) in [7, 11) is 0. The Labute approximate surface area is 204 Å². The average Bonchev–Trinajstić information content (AvgIpc) is 3.15. The van der Waals surface area contributed by atoms with Gasteiger partial charge >= 0.3 is 0 Å². The molecule has 2 aromatic heterocycles. The fourth-order valence-corrected chi connectivity index (χ4v) is 3.91. The van der Waals surface area contributed by atoms with Gasteiger partial charge in [-0.15, -0.1) is 0 Å². The second kappa shape index (κ2) is 11.4. The van der Waals surface area contributed by atoms with Gasteiger partial charge in [-0.25, -0.2) is 4.52 Å². The van der Waals surface area contributed by atoms with E-state index in [4.69, 9.17) is 5.10 Å². The number of carbonyl (C=O) groups is 2. The lowest BCUT2D eigenvalue weighted by Crippen LogP contribution is -2.34. The Bertz CT molecular complexity index is 1120. The minimum atomic E-state index is 0.0375. The van der Waals surface area contributed by atoms with Crippen LogP contribution in [0, 0.1) is 11.8 Å². The van der Waals surface area contributed by atoms with E-state index in [0.717, 1.165) is 59.0 Å². The molecule has 6 heteroatoms. The van der Waals surface area contributed by atoms with Crippen LogP contribution in [0.1, 0.15) is 56.5 Å². The minimum absolute atomic E-state index is 0.0375. The molecule has 0 bridgehead atoms. The van der Waals surface area contributed by atoms with Gasteiger partial charge in [0.05, 0.1) is 5.52 Å². The first-order valence-corrected chi connectivity index (χ1v) is 12.3. The Balaban J connectivity index is 2.03. The zero-order valence-corrected chi connectivity index (χ0v) is 21.4. The SMILES string of the molecule is CC(C)CCN(CCC(C)C)C(=O)c1ccn2nc(-c3ccc(Br)cc3)c(/C=C/C=O)c2c1. The van der Waals surface area contributed by atoms with Crippen molar-refractivity contribution in [2.45, 2.75) is 40.5 Å². The number of amides is 1. The second-order valence-electron chi connectivity index (χ2n) is 9.17. The summed E-state index contributed by atoms with van der Waals surface area (Å²) in [5.74, 6) is 1.10. The van der Waals surface area contributed by atoms with E-state index in [2.05, 4.69) is 43.6 Å². The van der Waals surface area contributed by atoms with Crippen LogP contribution in [-0.2, 0) is 4.79 Å². The molecule has 0 spiro atoms. The van der Waals surface area contributed by atoms with E-state index in [0.29, 0.717) is 17.4 Å². The van der Waals surface area contributed by atoms with Crippen LogP contribution in [0.2, 0.25) is 0 Å². The minimum Gasteiger partial charge on any atom is -0.339 e. The number of benzene rings is 1. The Morgan fingerprint density at radius 1 is 1.06 bits per heavy atom. The summed E-state index contributed by atoms with van der Waals surface area (Å²) in [6.07, 6.45) is 7.75. The molecular weight excluding hydrogens is 478 g/mol.